The fraction of sp³-hybridized carbons (Fsp3) is 0.783. The van der Waals surface area contributed by atoms with Crippen LogP contribution in [0.5, 0.6) is 0 Å². The van der Waals surface area contributed by atoms with Crippen LogP contribution in [0.25, 0.3) is 0 Å². The van der Waals surface area contributed by atoms with E-state index in [0.717, 1.165) is 48.7 Å². The highest BCUT2D eigenvalue weighted by Crippen LogP contribution is 2.27. The molecule has 0 unspecified atom stereocenters. The second kappa shape index (κ2) is 26.4. The molecule has 2 nitrogen and oxygen atoms in total. The maximum absolute atomic E-state index is 5.39. The third kappa shape index (κ3) is 24.7. The van der Waals surface area contributed by atoms with Crippen molar-refractivity contribution in [3.8, 4) is 0 Å². The number of rotatable bonds is 0. The van der Waals surface area contributed by atoms with Gasteiger partial charge in [0.05, 0.1) is 12.2 Å². The van der Waals surface area contributed by atoms with Crippen LogP contribution in [0.4, 0.5) is 0 Å². The highest BCUT2D eigenvalue weighted by molar-refractivity contribution is 5.19. The van der Waals surface area contributed by atoms with E-state index < -0.39 is 0 Å². The normalized spacial score (nSPS) is 31.3. The van der Waals surface area contributed by atoms with Gasteiger partial charge in [-0.05, 0) is 141 Å². The molecule has 1 saturated carbocycles. The van der Waals surface area contributed by atoms with E-state index in [0.29, 0.717) is 12.2 Å². The molecule has 1 aromatic carbocycles. The van der Waals surface area contributed by atoms with Crippen LogP contribution in [0.2, 0.25) is 0 Å². The lowest BCUT2D eigenvalue weighted by atomic mass is 9.84. The molecule has 5 aliphatic rings. The van der Waals surface area contributed by atoms with Gasteiger partial charge in [0.2, 0.25) is 0 Å². The molecule has 0 bridgehead atoms. The van der Waals surface area contributed by atoms with E-state index in [4.69, 9.17) is 9.47 Å². The molecule has 6 atom stereocenters. The minimum Gasteiger partial charge on any atom is -0.378 e. The number of benzene rings is 1. The van der Waals surface area contributed by atoms with Crippen molar-refractivity contribution >= 4 is 0 Å². The number of allylic oxidation sites excluding steroid dienone is 4. The van der Waals surface area contributed by atoms with E-state index >= 15 is 0 Å². The first kappa shape index (κ1) is 44.6. The fourth-order valence-corrected chi connectivity index (χ4v) is 6.29. The molecule has 0 aromatic heterocycles. The third-order valence-corrected chi connectivity index (χ3v) is 10.8. The van der Waals surface area contributed by atoms with Gasteiger partial charge >= 0.3 is 0 Å². The Morgan fingerprint density at radius 2 is 0.708 bits per heavy atom. The van der Waals surface area contributed by atoms with Crippen LogP contribution in [-0.2, 0) is 9.47 Å². The predicted octanol–water partition coefficient (Wildman–Crippen LogP) is 14.3. The van der Waals surface area contributed by atoms with Crippen molar-refractivity contribution in [1.82, 2.24) is 0 Å². The second-order valence-corrected chi connectivity index (χ2v) is 17.0. The van der Waals surface area contributed by atoms with Crippen molar-refractivity contribution in [3.05, 3.63) is 58.7 Å². The topological polar surface area (TPSA) is 18.5 Å². The quantitative estimate of drug-likeness (QED) is 0.257. The van der Waals surface area contributed by atoms with Gasteiger partial charge in [-0.15, -0.1) is 0 Å². The van der Waals surface area contributed by atoms with Gasteiger partial charge in [0.25, 0.3) is 0 Å². The maximum atomic E-state index is 5.39. The summed E-state index contributed by atoms with van der Waals surface area (Å²) < 4.78 is 10.8. The van der Waals surface area contributed by atoms with Crippen LogP contribution in [0.15, 0.2) is 47.6 Å². The summed E-state index contributed by atoms with van der Waals surface area (Å²) in [5.74, 6) is 5.52. The first-order chi connectivity index (χ1) is 22.7. The number of hydrogen-bond donors (Lipinski definition) is 0. The summed E-state index contributed by atoms with van der Waals surface area (Å²) in [4.78, 5) is 0. The first-order valence-electron chi connectivity index (χ1n) is 20.3. The molecule has 3 fully saturated rings. The number of aryl methyl sites for hydroxylation is 2. The lowest BCUT2D eigenvalue weighted by Gasteiger charge is -2.23. The second-order valence-electron chi connectivity index (χ2n) is 17.0. The van der Waals surface area contributed by atoms with Crippen molar-refractivity contribution in [1.29, 1.82) is 0 Å². The highest BCUT2D eigenvalue weighted by atomic mass is 16.5. The fourth-order valence-electron chi connectivity index (χ4n) is 6.29. The highest BCUT2D eigenvalue weighted by Gasteiger charge is 2.15. The Hall–Kier alpha value is -1.38. The monoisotopic (exact) mass is 667 g/mol. The average molecular weight is 667 g/mol. The van der Waals surface area contributed by atoms with Crippen molar-refractivity contribution < 1.29 is 9.47 Å². The Morgan fingerprint density at radius 1 is 0.396 bits per heavy atom. The summed E-state index contributed by atoms with van der Waals surface area (Å²) in [6, 6.07) is 8.48. The SMILES string of the molecule is CC1=CC[C@@H](C)CC1.CC1=CC[C@H](C)CC1.CC1CCC(C)CC1.C[C@@H]1CC[C@H](C)OC1.C[C@H]1CC[C@@H](C)OC1.Cc1ccc(C)cc1. The molecule has 3 aliphatic carbocycles. The molecule has 0 amide bonds. The predicted molar refractivity (Wildman–Crippen MR) is 214 cm³/mol. The molecular formula is C46H82O2. The molecule has 0 spiro atoms. The van der Waals surface area contributed by atoms with Crippen LogP contribution in [0, 0.1) is 49.4 Å². The summed E-state index contributed by atoms with van der Waals surface area (Å²) in [5, 5.41) is 0. The summed E-state index contributed by atoms with van der Waals surface area (Å²) >= 11 is 0. The smallest absolute Gasteiger partial charge is 0.0547 e. The minimum atomic E-state index is 0.520. The Morgan fingerprint density at radius 3 is 0.917 bits per heavy atom. The van der Waals surface area contributed by atoms with E-state index in [-0.39, 0.29) is 0 Å². The lowest BCUT2D eigenvalue weighted by molar-refractivity contribution is 0.000174. The molecule has 6 rings (SSSR count). The van der Waals surface area contributed by atoms with E-state index in [9.17, 15) is 0 Å². The summed E-state index contributed by atoms with van der Waals surface area (Å²) in [7, 11) is 0. The van der Waals surface area contributed by atoms with Gasteiger partial charge in [0, 0.05) is 13.2 Å². The van der Waals surface area contributed by atoms with Crippen molar-refractivity contribution in [3.63, 3.8) is 0 Å². The summed E-state index contributed by atoms with van der Waals surface area (Å²) in [6.45, 7) is 28.7. The van der Waals surface area contributed by atoms with E-state index in [1.807, 2.05) is 0 Å². The largest absolute Gasteiger partial charge is 0.378 e. The standard InChI is InChI=1S/C8H16.2C8H14.C8H10.2C7H14O/c4*1-7-3-5-8(2)6-4-7;2*1-6-3-4-7(2)8-5-6/h7-8H,3-6H2,1-2H3;2*3,8H,4-6H2,1-2H3;3-6H,1-2H3;2*6-7H,3-5H2,1-2H3/t;2*8-;;2*6-,7+/m.10.10/s1. The average Bonchev–Trinajstić information content (AvgIpc) is 3.07. The minimum absolute atomic E-state index is 0.520. The molecular weight excluding hydrogens is 585 g/mol. The van der Waals surface area contributed by atoms with Gasteiger partial charge in [-0.25, -0.2) is 0 Å². The van der Waals surface area contributed by atoms with Crippen LogP contribution in [0.1, 0.15) is 170 Å². The van der Waals surface area contributed by atoms with Crippen molar-refractivity contribution in [2.75, 3.05) is 13.2 Å². The Balaban J connectivity index is 0.000000288. The van der Waals surface area contributed by atoms with E-state index in [1.54, 1.807) is 11.1 Å². The van der Waals surface area contributed by atoms with E-state index in [2.05, 4.69) is 120 Å². The Kier molecular flexibility index (Phi) is 24.6. The zero-order chi connectivity index (χ0) is 35.9. The molecule has 0 radical (unpaired) electrons. The summed E-state index contributed by atoms with van der Waals surface area (Å²) in [5.41, 5.74) is 5.83. The molecule has 2 heterocycles. The molecule has 0 N–H and O–H groups in total. The van der Waals surface area contributed by atoms with Crippen LogP contribution < -0.4 is 0 Å². The summed E-state index contributed by atoms with van der Waals surface area (Å²) in [6.07, 6.45) is 25.0. The third-order valence-electron chi connectivity index (χ3n) is 10.8. The Bertz CT molecular complexity index is 824. The van der Waals surface area contributed by atoms with Crippen molar-refractivity contribution in [2.45, 2.75) is 185 Å². The molecule has 2 saturated heterocycles. The first-order valence-corrected chi connectivity index (χ1v) is 20.3. The molecule has 2 aliphatic heterocycles. The van der Waals surface area contributed by atoms with Gasteiger partial charge in [-0.1, -0.05) is 126 Å². The zero-order valence-electron chi connectivity index (χ0n) is 34.2. The van der Waals surface area contributed by atoms with Crippen LogP contribution in [-0.4, -0.2) is 25.4 Å². The number of ether oxygens (including phenoxy) is 2. The molecule has 2 heteroatoms. The van der Waals surface area contributed by atoms with Gasteiger partial charge in [-0.2, -0.15) is 0 Å². The maximum Gasteiger partial charge on any atom is 0.0547 e. The lowest BCUT2D eigenvalue weighted by Crippen LogP contribution is -2.21. The Labute approximate surface area is 301 Å². The van der Waals surface area contributed by atoms with Crippen LogP contribution in [0.3, 0.4) is 0 Å². The molecule has 278 valence electrons. The zero-order valence-corrected chi connectivity index (χ0v) is 34.2. The van der Waals surface area contributed by atoms with Crippen LogP contribution >= 0.6 is 0 Å². The van der Waals surface area contributed by atoms with E-state index in [1.165, 1.54) is 101 Å². The molecule has 1 aromatic rings. The van der Waals surface area contributed by atoms with Gasteiger partial charge in [0.15, 0.2) is 0 Å². The van der Waals surface area contributed by atoms with Crippen molar-refractivity contribution in [2.24, 2.45) is 35.5 Å². The van der Waals surface area contributed by atoms with Gasteiger partial charge in [-0.3, -0.25) is 0 Å². The number of hydrogen-bond acceptors (Lipinski definition) is 2. The molecule has 48 heavy (non-hydrogen) atoms. The van der Waals surface area contributed by atoms with Gasteiger partial charge < -0.3 is 9.47 Å². The van der Waals surface area contributed by atoms with Gasteiger partial charge in [0.1, 0.15) is 0 Å².